The third kappa shape index (κ3) is 9.42. The van der Waals surface area contributed by atoms with E-state index >= 15 is 0 Å². The van der Waals surface area contributed by atoms with E-state index in [0.717, 1.165) is 11.1 Å². The summed E-state index contributed by atoms with van der Waals surface area (Å²) in [6.07, 6.45) is 0.610. The standard InChI is InChI=1S/C28H36N2O7/c1-28(2,3)37-27(33)29-24(26(32)30-15-17-35-18-16-30)19-21-7-12-23(13-8-21)36-22-10-5-20(6-11-22)9-14-25(31)34-4/h5-8,10-13,24H,9,14-19H2,1-4H3,(H,29,33)/t24-/m0/s1. The number of ether oxygens (including phenoxy) is 4. The van der Waals surface area contributed by atoms with Crippen LogP contribution in [-0.2, 0) is 36.6 Å². The van der Waals surface area contributed by atoms with Crippen molar-refractivity contribution in [1.82, 2.24) is 10.2 Å². The van der Waals surface area contributed by atoms with Crippen LogP contribution in [0.25, 0.3) is 0 Å². The Morgan fingerprint density at radius 2 is 1.51 bits per heavy atom. The first-order chi connectivity index (χ1) is 17.6. The summed E-state index contributed by atoms with van der Waals surface area (Å²) in [6.45, 7) is 7.26. The number of nitrogens with zero attached hydrogens (tertiary/aromatic N) is 1. The van der Waals surface area contributed by atoms with Crippen molar-refractivity contribution >= 4 is 18.0 Å². The highest BCUT2D eigenvalue weighted by molar-refractivity contribution is 5.86. The normalized spacial score (nSPS) is 14.4. The van der Waals surface area contributed by atoms with Gasteiger partial charge in [-0.1, -0.05) is 24.3 Å². The molecule has 0 unspecified atom stereocenters. The SMILES string of the molecule is COC(=O)CCc1ccc(Oc2ccc(C[C@H](NC(=O)OC(C)(C)C)C(=O)N3CCOCC3)cc2)cc1. The van der Waals surface area contributed by atoms with Gasteiger partial charge in [0.25, 0.3) is 0 Å². The quantitative estimate of drug-likeness (QED) is 0.509. The molecular weight excluding hydrogens is 476 g/mol. The number of hydrogen-bond donors (Lipinski definition) is 1. The summed E-state index contributed by atoms with van der Waals surface area (Å²) in [7, 11) is 1.38. The summed E-state index contributed by atoms with van der Waals surface area (Å²) in [5.74, 6) is 0.904. The second-order valence-electron chi connectivity index (χ2n) is 9.81. The number of carbonyl (C=O) groups is 3. The van der Waals surface area contributed by atoms with Gasteiger partial charge >= 0.3 is 12.1 Å². The predicted octanol–water partition coefficient (Wildman–Crippen LogP) is 3.88. The van der Waals surface area contributed by atoms with Gasteiger partial charge in [0.1, 0.15) is 23.1 Å². The monoisotopic (exact) mass is 512 g/mol. The van der Waals surface area contributed by atoms with Crippen molar-refractivity contribution in [2.24, 2.45) is 0 Å². The number of rotatable bonds is 9. The number of benzene rings is 2. The molecule has 0 saturated carbocycles. The summed E-state index contributed by atoms with van der Waals surface area (Å²) >= 11 is 0. The molecule has 9 nitrogen and oxygen atoms in total. The van der Waals surface area contributed by atoms with Crippen molar-refractivity contribution in [3.8, 4) is 11.5 Å². The first-order valence-corrected chi connectivity index (χ1v) is 12.4. The first kappa shape index (κ1) is 28.0. The van der Waals surface area contributed by atoms with Crippen LogP contribution in [0.5, 0.6) is 11.5 Å². The van der Waals surface area contributed by atoms with Crippen LogP contribution in [0.2, 0.25) is 0 Å². The Labute approximate surface area is 218 Å². The van der Waals surface area contributed by atoms with Crippen LogP contribution < -0.4 is 10.1 Å². The molecule has 37 heavy (non-hydrogen) atoms. The topological polar surface area (TPSA) is 103 Å². The number of methoxy groups -OCH3 is 1. The Hall–Kier alpha value is -3.59. The summed E-state index contributed by atoms with van der Waals surface area (Å²) < 4.78 is 21.3. The van der Waals surface area contributed by atoms with Gasteiger partial charge in [-0.3, -0.25) is 9.59 Å². The maximum absolute atomic E-state index is 13.2. The molecule has 0 aromatic heterocycles. The van der Waals surface area contributed by atoms with Crippen molar-refractivity contribution < 1.29 is 33.3 Å². The van der Waals surface area contributed by atoms with Crippen LogP contribution in [0.1, 0.15) is 38.3 Å². The Kier molecular flexibility index (Phi) is 9.91. The molecule has 9 heteroatoms. The van der Waals surface area contributed by atoms with Crippen molar-refractivity contribution in [2.45, 2.75) is 51.7 Å². The molecule has 0 spiro atoms. The van der Waals surface area contributed by atoms with Crippen molar-refractivity contribution in [3.05, 3.63) is 59.7 Å². The lowest BCUT2D eigenvalue weighted by Crippen LogP contribution is -2.53. The summed E-state index contributed by atoms with van der Waals surface area (Å²) in [5.41, 5.74) is 1.21. The van der Waals surface area contributed by atoms with E-state index in [1.807, 2.05) is 48.5 Å². The molecule has 1 saturated heterocycles. The van der Waals surface area contributed by atoms with E-state index in [1.54, 1.807) is 25.7 Å². The Bertz CT molecular complexity index is 1040. The van der Waals surface area contributed by atoms with Crippen molar-refractivity contribution in [1.29, 1.82) is 0 Å². The fraction of sp³-hybridized carbons (Fsp3) is 0.464. The lowest BCUT2D eigenvalue weighted by atomic mass is 10.0. The van der Waals surface area contributed by atoms with Crippen molar-refractivity contribution in [2.75, 3.05) is 33.4 Å². The molecule has 0 bridgehead atoms. The molecule has 1 heterocycles. The second-order valence-corrected chi connectivity index (χ2v) is 9.81. The number of morpholine rings is 1. The van der Waals surface area contributed by atoms with Gasteiger partial charge < -0.3 is 29.2 Å². The van der Waals surface area contributed by atoms with Gasteiger partial charge in [0.2, 0.25) is 5.91 Å². The van der Waals surface area contributed by atoms with Gasteiger partial charge in [-0.15, -0.1) is 0 Å². The number of alkyl carbamates (subject to hydrolysis) is 1. The van der Waals surface area contributed by atoms with E-state index in [9.17, 15) is 14.4 Å². The van der Waals surface area contributed by atoms with Crippen LogP contribution in [0.3, 0.4) is 0 Å². The number of hydrogen-bond acceptors (Lipinski definition) is 7. The molecule has 3 rings (SSSR count). The summed E-state index contributed by atoms with van der Waals surface area (Å²) in [6, 6.07) is 14.1. The average Bonchev–Trinajstić information content (AvgIpc) is 2.87. The number of carbonyl (C=O) groups excluding carboxylic acids is 3. The molecule has 2 amide bonds. The molecule has 200 valence electrons. The molecule has 2 aromatic rings. The van der Waals surface area contributed by atoms with E-state index in [2.05, 4.69) is 10.1 Å². The molecule has 0 aliphatic carbocycles. The maximum Gasteiger partial charge on any atom is 0.408 e. The van der Waals surface area contributed by atoms with Crippen LogP contribution in [0.15, 0.2) is 48.5 Å². The maximum atomic E-state index is 13.2. The van der Waals surface area contributed by atoms with Gasteiger partial charge in [-0.2, -0.15) is 0 Å². The molecule has 2 aromatic carbocycles. The van der Waals surface area contributed by atoms with E-state index in [-0.39, 0.29) is 11.9 Å². The zero-order valence-corrected chi connectivity index (χ0v) is 22.0. The highest BCUT2D eigenvalue weighted by atomic mass is 16.6. The molecule has 0 radical (unpaired) electrons. The average molecular weight is 513 g/mol. The number of nitrogens with one attached hydrogen (secondary N) is 1. The molecule has 1 aliphatic heterocycles. The van der Waals surface area contributed by atoms with Gasteiger partial charge in [-0.05, 0) is 62.6 Å². The Morgan fingerprint density at radius 1 is 0.946 bits per heavy atom. The first-order valence-electron chi connectivity index (χ1n) is 12.4. The van der Waals surface area contributed by atoms with Crippen LogP contribution in [0, 0.1) is 0 Å². The van der Waals surface area contributed by atoms with Gasteiger partial charge in [0, 0.05) is 25.9 Å². The van der Waals surface area contributed by atoms with Crippen LogP contribution >= 0.6 is 0 Å². The number of aryl methyl sites for hydroxylation is 1. The molecule has 1 fully saturated rings. The molecule has 1 N–H and O–H groups in total. The highest BCUT2D eigenvalue weighted by Crippen LogP contribution is 2.23. The number of esters is 1. The van der Waals surface area contributed by atoms with E-state index in [4.69, 9.17) is 14.2 Å². The Morgan fingerprint density at radius 3 is 2.05 bits per heavy atom. The zero-order valence-electron chi connectivity index (χ0n) is 22.0. The third-order valence-corrected chi connectivity index (χ3v) is 5.68. The summed E-state index contributed by atoms with van der Waals surface area (Å²) in [5, 5.41) is 2.75. The van der Waals surface area contributed by atoms with Gasteiger partial charge in [0.05, 0.1) is 20.3 Å². The van der Waals surface area contributed by atoms with Gasteiger partial charge in [0.15, 0.2) is 0 Å². The second kappa shape index (κ2) is 13.1. The molecule has 1 atom stereocenters. The largest absolute Gasteiger partial charge is 0.469 e. The predicted molar refractivity (Wildman–Crippen MR) is 138 cm³/mol. The minimum Gasteiger partial charge on any atom is -0.469 e. The van der Waals surface area contributed by atoms with E-state index in [0.29, 0.717) is 57.1 Å². The van der Waals surface area contributed by atoms with Crippen LogP contribution in [0.4, 0.5) is 4.79 Å². The fourth-order valence-corrected chi connectivity index (χ4v) is 3.79. The fourth-order valence-electron chi connectivity index (χ4n) is 3.79. The van der Waals surface area contributed by atoms with E-state index < -0.39 is 17.7 Å². The van der Waals surface area contributed by atoms with Crippen molar-refractivity contribution in [3.63, 3.8) is 0 Å². The van der Waals surface area contributed by atoms with Gasteiger partial charge in [-0.25, -0.2) is 4.79 Å². The lowest BCUT2D eigenvalue weighted by molar-refractivity contribution is -0.140. The third-order valence-electron chi connectivity index (χ3n) is 5.68. The lowest BCUT2D eigenvalue weighted by Gasteiger charge is -2.31. The minimum absolute atomic E-state index is 0.165. The molecular formula is C28H36N2O7. The van der Waals surface area contributed by atoms with Crippen LogP contribution in [-0.4, -0.2) is 67.9 Å². The Balaban J connectivity index is 1.62. The summed E-state index contributed by atoms with van der Waals surface area (Å²) in [4.78, 5) is 38.7. The zero-order chi connectivity index (χ0) is 26.8. The number of amides is 2. The highest BCUT2D eigenvalue weighted by Gasteiger charge is 2.29. The smallest absolute Gasteiger partial charge is 0.408 e. The minimum atomic E-state index is -0.766. The molecule has 1 aliphatic rings. The van der Waals surface area contributed by atoms with E-state index in [1.165, 1.54) is 7.11 Å².